The zero-order chi connectivity index (χ0) is 16.8. The highest BCUT2D eigenvalue weighted by molar-refractivity contribution is 9.10. The summed E-state index contributed by atoms with van der Waals surface area (Å²) < 4.78 is 6.23. The fraction of sp³-hybridized carbons (Fsp3) is 0.235. The number of fused-ring (bicyclic) bond motifs is 1. The summed E-state index contributed by atoms with van der Waals surface area (Å²) >= 11 is 9.28. The molecule has 1 heterocycles. The first-order chi connectivity index (χ1) is 10.8. The highest BCUT2D eigenvalue weighted by atomic mass is 79.9. The van der Waals surface area contributed by atoms with Gasteiger partial charge in [-0.3, -0.25) is 4.79 Å². The third kappa shape index (κ3) is 3.24. The summed E-state index contributed by atoms with van der Waals surface area (Å²) in [5.74, 6) is -0.0128. The predicted octanol–water partition coefficient (Wildman–Crippen LogP) is 3.48. The summed E-state index contributed by atoms with van der Waals surface area (Å²) in [5.41, 5.74) is 2.60. The van der Waals surface area contributed by atoms with E-state index in [1.54, 1.807) is 18.2 Å². The van der Waals surface area contributed by atoms with Crippen LogP contribution < -0.4 is 5.46 Å². The maximum absolute atomic E-state index is 12.5. The van der Waals surface area contributed by atoms with Gasteiger partial charge in [-0.25, -0.2) is 0 Å². The lowest BCUT2D eigenvalue weighted by Crippen LogP contribution is -2.29. The molecule has 2 aromatic carbocycles. The van der Waals surface area contributed by atoms with Crippen LogP contribution in [0.5, 0.6) is 0 Å². The van der Waals surface area contributed by atoms with Crippen molar-refractivity contribution in [2.24, 2.45) is 0 Å². The summed E-state index contributed by atoms with van der Waals surface area (Å²) in [6, 6.07) is 10.8. The SMILES string of the molecule is CC1(C)OB(O)c2cc(CC(=O)c3ccc(Cl)cc3Br)ccc21. The number of rotatable bonds is 3. The van der Waals surface area contributed by atoms with E-state index in [4.69, 9.17) is 16.3 Å². The summed E-state index contributed by atoms with van der Waals surface area (Å²) in [7, 11) is -0.947. The summed E-state index contributed by atoms with van der Waals surface area (Å²) in [6.45, 7) is 3.83. The van der Waals surface area contributed by atoms with Gasteiger partial charge in [0.05, 0.1) is 5.60 Å². The first kappa shape index (κ1) is 16.7. The van der Waals surface area contributed by atoms with Gasteiger partial charge >= 0.3 is 7.12 Å². The van der Waals surface area contributed by atoms with Crippen LogP contribution in [0.1, 0.15) is 35.3 Å². The van der Waals surface area contributed by atoms with E-state index < -0.39 is 12.7 Å². The third-order valence-corrected chi connectivity index (χ3v) is 4.92. The largest absolute Gasteiger partial charge is 0.492 e. The lowest BCUT2D eigenvalue weighted by Gasteiger charge is -2.19. The van der Waals surface area contributed by atoms with Gasteiger partial charge in [0.2, 0.25) is 0 Å². The van der Waals surface area contributed by atoms with E-state index in [9.17, 15) is 9.82 Å². The second kappa shape index (κ2) is 6.06. The molecule has 2 aromatic rings. The molecule has 0 fully saturated rings. The van der Waals surface area contributed by atoms with Crippen LogP contribution in [0.2, 0.25) is 5.02 Å². The quantitative estimate of drug-likeness (QED) is 0.642. The second-order valence-corrected chi connectivity index (χ2v) is 7.42. The Bertz CT molecular complexity index is 791. The maximum atomic E-state index is 12.5. The minimum Gasteiger partial charge on any atom is -0.423 e. The molecule has 0 unspecified atom stereocenters. The Kier molecular flexibility index (Phi) is 4.40. The van der Waals surface area contributed by atoms with Gasteiger partial charge in [-0.1, -0.05) is 29.8 Å². The van der Waals surface area contributed by atoms with Crippen molar-refractivity contribution in [1.82, 2.24) is 0 Å². The fourth-order valence-electron chi connectivity index (χ4n) is 2.88. The molecule has 0 bridgehead atoms. The molecule has 23 heavy (non-hydrogen) atoms. The van der Waals surface area contributed by atoms with Crippen LogP contribution in [-0.2, 0) is 16.7 Å². The molecular formula is C17H15BBrClO3. The molecule has 0 saturated heterocycles. The topological polar surface area (TPSA) is 46.5 Å². The van der Waals surface area contributed by atoms with Crippen LogP contribution in [0.15, 0.2) is 40.9 Å². The molecule has 3 rings (SSSR count). The number of halogens is 2. The van der Waals surface area contributed by atoms with Crippen LogP contribution in [0.4, 0.5) is 0 Å². The Balaban J connectivity index is 1.87. The molecule has 118 valence electrons. The maximum Gasteiger partial charge on any atom is 0.492 e. The van der Waals surface area contributed by atoms with Crippen molar-refractivity contribution in [3.63, 3.8) is 0 Å². The number of ketones is 1. The van der Waals surface area contributed by atoms with Crippen molar-refractivity contribution in [1.29, 1.82) is 0 Å². The van der Waals surface area contributed by atoms with Gasteiger partial charge in [-0.05, 0) is 64.6 Å². The van der Waals surface area contributed by atoms with Crippen LogP contribution >= 0.6 is 27.5 Å². The highest BCUT2D eigenvalue weighted by Crippen LogP contribution is 2.30. The Hall–Kier alpha value is -1.14. The monoisotopic (exact) mass is 392 g/mol. The predicted molar refractivity (Wildman–Crippen MR) is 95.3 cm³/mol. The molecule has 0 atom stereocenters. The lowest BCUT2D eigenvalue weighted by molar-refractivity contribution is 0.0990. The van der Waals surface area contributed by atoms with E-state index in [-0.39, 0.29) is 12.2 Å². The minimum absolute atomic E-state index is 0.0128. The number of hydrogen-bond acceptors (Lipinski definition) is 3. The van der Waals surface area contributed by atoms with Gasteiger partial charge in [0, 0.05) is 21.5 Å². The summed E-state index contributed by atoms with van der Waals surface area (Å²) in [6.07, 6.45) is 0.251. The van der Waals surface area contributed by atoms with Gasteiger partial charge in [0.1, 0.15) is 0 Å². The van der Waals surface area contributed by atoms with E-state index >= 15 is 0 Å². The van der Waals surface area contributed by atoms with Crippen molar-refractivity contribution < 1.29 is 14.5 Å². The highest BCUT2D eigenvalue weighted by Gasteiger charge is 2.40. The molecule has 0 saturated carbocycles. The molecule has 1 aliphatic heterocycles. The molecule has 0 spiro atoms. The van der Waals surface area contributed by atoms with Crippen molar-refractivity contribution in [3.05, 3.63) is 62.6 Å². The van der Waals surface area contributed by atoms with Crippen LogP contribution in [-0.4, -0.2) is 17.9 Å². The number of benzene rings is 2. The van der Waals surface area contributed by atoms with Gasteiger partial charge in [-0.15, -0.1) is 0 Å². The first-order valence-electron chi connectivity index (χ1n) is 7.25. The molecule has 6 heteroatoms. The normalized spacial score (nSPS) is 15.6. The van der Waals surface area contributed by atoms with E-state index in [0.29, 0.717) is 15.1 Å². The van der Waals surface area contributed by atoms with Crippen molar-refractivity contribution in [2.45, 2.75) is 25.9 Å². The molecule has 1 N–H and O–H groups in total. The van der Waals surface area contributed by atoms with Gasteiger partial charge in [0.15, 0.2) is 5.78 Å². The van der Waals surface area contributed by atoms with Gasteiger partial charge < -0.3 is 9.68 Å². The number of carbonyl (C=O) groups is 1. The standard InChI is InChI=1S/C17H15BBrClO3/c1-17(2)13-6-3-10(7-14(13)18(22)23-17)8-16(21)12-5-4-11(20)9-15(12)19/h3-7,9,22H,8H2,1-2H3. The van der Waals surface area contributed by atoms with Gasteiger partial charge in [0.25, 0.3) is 0 Å². The average molecular weight is 393 g/mol. The van der Waals surface area contributed by atoms with Crippen LogP contribution in [0.25, 0.3) is 0 Å². The van der Waals surface area contributed by atoms with Gasteiger partial charge in [-0.2, -0.15) is 0 Å². The molecule has 0 radical (unpaired) electrons. The van der Waals surface area contributed by atoms with Crippen molar-refractivity contribution >= 4 is 45.9 Å². The number of Topliss-reactive ketones (excluding diaryl/α,β-unsaturated/α-hetero) is 1. The van der Waals surface area contributed by atoms with E-state index in [1.165, 1.54) is 0 Å². The molecule has 0 aromatic heterocycles. The van der Waals surface area contributed by atoms with Crippen molar-refractivity contribution in [3.8, 4) is 0 Å². The Morgan fingerprint density at radius 1 is 1.30 bits per heavy atom. The molecule has 1 aliphatic rings. The van der Waals surface area contributed by atoms with E-state index in [2.05, 4.69) is 15.9 Å². The second-order valence-electron chi connectivity index (χ2n) is 6.13. The minimum atomic E-state index is -0.947. The van der Waals surface area contributed by atoms with E-state index in [0.717, 1.165) is 16.6 Å². The molecule has 0 amide bonds. The number of carbonyl (C=O) groups excluding carboxylic acids is 1. The molecular weight excluding hydrogens is 378 g/mol. The summed E-state index contributed by atoms with van der Waals surface area (Å²) in [4.78, 5) is 12.5. The average Bonchev–Trinajstić information content (AvgIpc) is 2.68. The lowest BCUT2D eigenvalue weighted by atomic mass is 9.77. The zero-order valence-electron chi connectivity index (χ0n) is 12.8. The molecule has 0 aliphatic carbocycles. The third-order valence-electron chi connectivity index (χ3n) is 4.03. The van der Waals surface area contributed by atoms with Crippen LogP contribution in [0, 0.1) is 0 Å². The number of hydrogen-bond donors (Lipinski definition) is 1. The van der Waals surface area contributed by atoms with Crippen molar-refractivity contribution in [2.75, 3.05) is 0 Å². The zero-order valence-corrected chi connectivity index (χ0v) is 15.1. The first-order valence-corrected chi connectivity index (χ1v) is 8.42. The fourth-order valence-corrected chi connectivity index (χ4v) is 3.78. The molecule has 3 nitrogen and oxygen atoms in total. The summed E-state index contributed by atoms with van der Waals surface area (Å²) in [5, 5.41) is 10.6. The Morgan fingerprint density at radius 3 is 2.74 bits per heavy atom. The Labute approximate surface area is 148 Å². The van der Waals surface area contributed by atoms with Crippen LogP contribution in [0.3, 0.4) is 0 Å². The Morgan fingerprint density at radius 2 is 2.04 bits per heavy atom. The van der Waals surface area contributed by atoms with E-state index in [1.807, 2.05) is 32.0 Å². The smallest absolute Gasteiger partial charge is 0.423 e.